The quantitative estimate of drug-likeness (QED) is 0.767. The van der Waals surface area contributed by atoms with E-state index < -0.39 is 0 Å². The van der Waals surface area contributed by atoms with Crippen LogP contribution in [0.25, 0.3) is 0 Å². The molecule has 2 atom stereocenters. The number of aliphatic hydroxyl groups excluding tert-OH is 1. The summed E-state index contributed by atoms with van der Waals surface area (Å²) in [6.07, 6.45) is 8.96. The standard InChI is InChI=1S/C13H22N2OS/c16-13-6-2-1-4-11(13)5-3-7-14-8-12-9-15-10-17-12/h9-11,13-14,16H,1-8H2. The lowest BCUT2D eigenvalue weighted by Gasteiger charge is -2.27. The fraction of sp³-hybridized carbons (Fsp3) is 0.769. The maximum atomic E-state index is 9.85. The number of hydrogen-bond acceptors (Lipinski definition) is 4. The van der Waals surface area contributed by atoms with Crippen molar-refractivity contribution in [3.05, 3.63) is 16.6 Å². The van der Waals surface area contributed by atoms with Crippen LogP contribution < -0.4 is 5.32 Å². The van der Waals surface area contributed by atoms with Crippen molar-refractivity contribution in [1.82, 2.24) is 10.3 Å². The van der Waals surface area contributed by atoms with Crippen LogP contribution in [0.3, 0.4) is 0 Å². The van der Waals surface area contributed by atoms with Crippen molar-refractivity contribution in [1.29, 1.82) is 0 Å². The first-order valence-electron chi connectivity index (χ1n) is 6.62. The Kier molecular flexibility index (Phi) is 5.42. The van der Waals surface area contributed by atoms with Crippen LogP contribution in [0.2, 0.25) is 0 Å². The summed E-state index contributed by atoms with van der Waals surface area (Å²) < 4.78 is 0. The van der Waals surface area contributed by atoms with E-state index in [0.717, 1.165) is 25.9 Å². The van der Waals surface area contributed by atoms with E-state index in [-0.39, 0.29) is 6.10 Å². The van der Waals surface area contributed by atoms with Crippen molar-refractivity contribution in [2.45, 2.75) is 51.2 Å². The van der Waals surface area contributed by atoms with Gasteiger partial charge in [-0.3, -0.25) is 4.98 Å². The number of aliphatic hydroxyl groups is 1. The highest BCUT2D eigenvalue weighted by Crippen LogP contribution is 2.27. The number of hydrogen-bond donors (Lipinski definition) is 2. The van der Waals surface area contributed by atoms with Crippen LogP contribution in [-0.4, -0.2) is 22.7 Å². The van der Waals surface area contributed by atoms with Crippen molar-refractivity contribution in [3.8, 4) is 0 Å². The third-order valence-corrected chi connectivity index (χ3v) is 4.36. The van der Waals surface area contributed by atoms with Crippen LogP contribution in [0.5, 0.6) is 0 Å². The van der Waals surface area contributed by atoms with E-state index in [2.05, 4.69) is 10.3 Å². The second-order valence-corrected chi connectivity index (χ2v) is 5.87. The molecule has 17 heavy (non-hydrogen) atoms. The molecule has 1 aliphatic rings. The third-order valence-electron chi connectivity index (χ3n) is 3.58. The molecule has 1 aromatic heterocycles. The minimum Gasteiger partial charge on any atom is -0.393 e. The molecule has 1 aromatic rings. The molecule has 3 nitrogen and oxygen atoms in total. The predicted octanol–water partition coefficient (Wildman–Crippen LogP) is 2.56. The molecule has 2 N–H and O–H groups in total. The van der Waals surface area contributed by atoms with E-state index in [1.165, 1.54) is 30.6 Å². The Hall–Kier alpha value is -0.450. The third kappa shape index (κ3) is 4.37. The van der Waals surface area contributed by atoms with E-state index in [0.29, 0.717) is 5.92 Å². The molecule has 0 aliphatic heterocycles. The fourth-order valence-corrected chi connectivity index (χ4v) is 3.12. The number of rotatable bonds is 6. The largest absolute Gasteiger partial charge is 0.393 e. The van der Waals surface area contributed by atoms with Gasteiger partial charge in [-0.15, -0.1) is 11.3 Å². The summed E-state index contributed by atoms with van der Waals surface area (Å²) in [5.41, 5.74) is 1.87. The smallest absolute Gasteiger partial charge is 0.0794 e. The average molecular weight is 254 g/mol. The Bertz CT molecular complexity index is 302. The Morgan fingerprint density at radius 2 is 2.29 bits per heavy atom. The molecule has 96 valence electrons. The van der Waals surface area contributed by atoms with Crippen molar-refractivity contribution in [3.63, 3.8) is 0 Å². The maximum absolute atomic E-state index is 9.85. The second kappa shape index (κ2) is 7.09. The van der Waals surface area contributed by atoms with E-state index in [4.69, 9.17) is 0 Å². The molecule has 1 heterocycles. The highest BCUT2D eigenvalue weighted by molar-refractivity contribution is 7.09. The fourth-order valence-electron chi connectivity index (χ4n) is 2.56. The summed E-state index contributed by atoms with van der Waals surface area (Å²) in [7, 11) is 0. The predicted molar refractivity (Wildman–Crippen MR) is 71.0 cm³/mol. The van der Waals surface area contributed by atoms with Crippen LogP contribution in [0.1, 0.15) is 43.4 Å². The van der Waals surface area contributed by atoms with Crippen molar-refractivity contribution >= 4 is 11.3 Å². The molecule has 0 aromatic carbocycles. The normalized spacial score (nSPS) is 25.0. The first kappa shape index (κ1) is 13.0. The molecular formula is C13H22N2OS. The van der Waals surface area contributed by atoms with Gasteiger partial charge in [-0.1, -0.05) is 12.8 Å². The number of nitrogens with zero attached hydrogens (tertiary/aromatic N) is 1. The summed E-state index contributed by atoms with van der Waals surface area (Å²) >= 11 is 1.70. The van der Waals surface area contributed by atoms with Crippen LogP contribution in [0.4, 0.5) is 0 Å². The Balaban J connectivity index is 1.53. The van der Waals surface area contributed by atoms with E-state index in [1.54, 1.807) is 11.3 Å². The highest BCUT2D eigenvalue weighted by atomic mass is 32.1. The van der Waals surface area contributed by atoms with Gasteiger partial charge in [-0.05, 0) is 38.1 Å². The number of thiazole rings is 1. The molecule has 2 unspecified atom stereocenters. The molecule has 2 rings (SSSR count). The minimum atomic E-state index is -0.0368. The van der Waals surface area contributed by atoms with Gasteiger partial charge in [0.05, 0.1) is 11.6 Å². The van der Waals surface area contributed by atoms with E-state index in [1.807, 2.05) is 11.7 Å². The van der Waals surface area contributed by atoms with Gasteiger partial charge in [0.1, 0.15) is 0 Å². The van der Waals surface area contributed by atoms with E-state index >= 15 is 0 Å². The van der Waals surface area contributed by atoms with Gasteiger partial charge in [0, 0.05) is 17.6 Å². The zero-order valence-corrected chi connectivity index (χ0v) is 11.1. The molecule has 0 saturated heterocycles. The van der Waals surface area contributed by atoms with Crippen molar-refractivity contribution < 1.29 is 5.11 Å². The number of aromatic nitrogens is 1. The summed E-state index contributed by atoms with van der Waals surface area (Å²) in [4.78, 5) is 5.34. The molecule has 0 spiro atoms. The Morgan fingerprint density at radius 1 is 1.41 bits per heavy atom. The molecule has 4 heteroatoms. The summed E-state index contributed by atoms with van der Waals surface area (Å²) in [5.74, 6) is 0.550. The first-order valence-corrected chi connectivity index (χ1v) is 7.50. The topological polar surface area (TPSA) is 45.1 Å². The maximum Gasteiger partial charge on any atom is 0.0794 e. The van der Waals surface area contributed by atoms with Gasteiger partial charge in [0.15, 0.2) is 0 Å². The lowest BCUT2D eigenvalue weighted by molar-refractivity contribution is 0.0643. The molecule has 1 saturated carbocycles. The van der Waals surface area contributed by atoms with Gasteiger partial charge in [-0.2, -0.15) is 0 Å². The van der Waals surface area contributed by atoms with Gasteiger partial charge in [-0.25, -0.2) is 0 Å². The Morgan fingerprint density at radius 3 is 3.06 bits per heavy atom. The average Bonchev–Trinajstić information content (AvgIpc) is 2.84. The molecule has 0 amide bonds. The summed E-state index contributed by atoms with van der Waals surface area (Å²) in [6.45, 7) is 1.97. The molecular weight excluding hydrogens is 232 g/mol. The van der Waals surface area contributed by atoms with Crippen LogP contribution >= 0.6 is 11.3 Å². The van der Waals surface area contributed by atoms with Crippen LogP contribution in [0.15, 0.2) is 11.7 Å². The van der Waals surface area contributed by atoms with Crippen LogP contribution in [0, 0.1) is 5.92 Å². The van der Waals surface area contributed by atoms with Gasteiger partial charge in [0.25, 0.3) is 0 Å². The lowest BCUT2D eigenvalue weighted by atomic mass is 9.83. The van der Waals surface area contributed by atoms with Crippen molar-refractivity contribution in [2.24, 2.45) is 5.92 Å². The minimum absolute atomic E-state index is 0.0368. The van der Waals surface area contributed by atoms with Crippen LogP contribution in [-0.2, 0) is 6.54 Å². The van der Waals surface area contributed by atoms with Crippen molar-refractivity contribution in [2.75, 3.05) is 6.54 Å². The van der Waals surface area contributed by atoms with Gasteiger partial charge >= 0.3 is 0 Å². The zero-order chi connectivity index (χ0) is 11.9. The summed E-state index contributed by atoms with van der Waals surface area (Å²) in [5, 5.41) is 13.3. The van der Waals surface area contributed by atoms with Gasteiger partial charge in [0.2, 0.25) is 0 Å². The molecule has 1 aliphatic carbocycles. The SMILES string of the molecule is OC1CCCCC1CCCNCc1cncs1. The summed E-state index contributed by atoms with van der Waals surface area (Å²) in [6, 6.07) is 0. The second-order valence-electron chi connectivity index (χ2n) is 4.90. The van der Waals surface area contributed by atoms with Gasteiger partial charge < -0.3 is 10.4 Å². The van der Waals surface area contributed by atoms with E-state index in [9.17, 15) is 5.11 Å². The molecule has 0 bridgehead atoms. The lowest BCUT2D eigenvalue weighted by Crippen LogP contribution is -2.25. The molecule has 1 fully saturated rings. The first-order chi connectivity index (χ1) is 8.36. The zero-order valence-electron chi connectivity index (χ0n) is 10.3. The highest BCUT2D eigenvalue weighted by Gasteiger charge is 2.21. The monoisotopic (exact) mass is 254 g/mol. The molecule has 0 radical (unpaired) electrons. The Labute approximate surface area is 107 Å². The number of nitrogens with one attached hydrogen (secondary N) is 1.